The third-order valence-electron chi connectivity index (χ3n) is 13.1. The highest BCUT2D eigenvalue weighted by molar-refractivity contribution is 7.99. The van der Waals surface area contributed by atoms with E-state index in [-0.39, 0.29) is 33.9 Å². The van der Waals surface area contributed by atoms with Gasteiger partial charge in [-0.05, 0) is 117 Å². The molecule has 0 bridgehead atoms. The van der Waals surface area contributed by atoms with Crippen molar-refractivity contribution in [3.63, 3.8) is 0 Å². The fourth-order valence-electron chi connectivity index (χ4n) is 8.95. The first-order valence-electron chi connectivity index (χ1n) is 24.2. The third-order valence-corrected chi connectivity index (χ3v) is 15.9. The molecule has 5 aromatic carbocycles. The number of carbonyl (C=O) groups excluding carboxylic acids is 1. The van der Waals surface area contributed by atoms with Crippen LogP contribution in [0.15, 0.2) is 131 Å². The summed E-state index contributed by atoms with van der Waals surface area (Å²) in [6.45, 7) is 11.4. The Bertz CT molecular complexity index is 3000. The molecule has 0 radical (unpaired) electrons. The summed E-state index contributed by atoms with van der Waals surface area (Å²) in [5.41, 5.74) is 6.42. The number of ether oxygens (including phenoxy) is 1. The Morgan fingerprint density at radius 2 is 1.53 bits per heavy atom. The van der Waals surface area contributed by atoms with Crippen LogP contribution in [0.1, 0.15) is 40.0 Å². The SMILES string of the molecule is Cc1c(C(=O)NCCCN2CCN(C)CC2)c(-c2cccc(C#Cc3ccc(NS(=O)(=O)c4ccc(NC(CCN5CCOCC5)CSc5ccccc5)c([N+](=O)[O-])c4)cc3)c2)c(-c2ccc(Cl)cc2)n1C. The third kappa shape index (κ3) is 13.7. The summed E-state index contributed by atoms with van der Waals surface area (Å²) < 4.78 is 37.6. The Kier molecular flexibility index (Phi) is 17.8. The van der Waals surface area contributed by atoms with E-state index in [9.17, 15) is 23.3 Å². The van der Waals surface area contributed by atoms with Crippen molar-refractivity contribution >= 4 is 56.4 Å². The number of amides is 1. The summed E-state index contributed by atoms with van der Waals surface area (Å²) in [7, 11) is -0.104. The van der Waals surface area contributed by atoms with Crippen LogP contribution in [0.3, 0.4) is 0 Å². The second-order valence-corrected chi connectivity index (χ2v) is 21.4. The largest absolute Gasteiger partial charge is 0.379 e. The lowest BCUT2D eigenvalue weighted by Crippen LogP contribution is -2.45. The lowest BCUT2D eigenvalue weighted by molar-refractivity contribution is -0.384. The van der Waals surface area contributed by atoms with E-state index in [2.05, 4.69) is 53.5 Å². The molecule has 0 saturated carbocycles. The monoisotopic (exact) mass is 1030 g/mol. The van der Waals surface area contributed by atoms with Gasteiger partial charge in [-0.1, -0.05) is 65.9 Å². The van der Waals surface area contributed by atoms with Gasteiger partial charge >= 0.3 is 0 Å². The van der Waals surface area contributed by atoms with Crippen molar-refractivity contribution in [2.75, 3.05) is 95.0 Å². The molecule has 2 aliphatic heterocycles. The summed E-state index contributed by atoms with van der Waals surface area (Å²) in [5, 5.41) is 19.6. The number of hydrogen-bond acceptors (Lipinski definition) is 11. The Labute approximate surface area is 432 Å². The number of thioether (sulfide) groups is 1. The van der Waals surface area contributed by atoms with Gasteiger partial charge in [-0.2, -0.15) is 0 Å². The number of piperazine rings is 1. The topological polar surface area (TPSA) is 154 Å². The number of rotatable bonds is 19. The molecule has 0 spiro atoms. The minimum absolute atomic E-state index is 0.135. The smallest absolute Gasteiger partial charge is 0.293 e. The van der Waals surface area contributed by atoms with Gasteiger partial charge in [0.25, 0.3) is 21.6 Å². The van der Waals surface area contributed by atoms with E-state index in [1.807, 2.05) is 92.8 Å². The quantitative estimate of drug-likeness (QED) is 0.0234. The second-order valence-electron chi connectivity index (χ2n) is 18.2. The molecule has 1 amide bonds. The molecule has 2 aliphatic rings. The van der Waals surface area contributed by atoms with Crippen LogP contribution in [0.25, 0.3) is 22.4 Å². The van der Waals surface area contributed by atoms with E-state index in [4.69, 9.17) is 16.3 Å². The summed E-state index contributed by atoms with van der Waals surface area (Å²) >= 11 is 7.97. The number of halogens is 1. The maximum Gasteiger partial charge on any atom is 0.293 e. The lowest BCUT2D eigenvalue weighted by atomic mass is 9.95. The molecule has 1 atom stereocenters. The van der Waals surface area contributed by atoms with Gasteiger partial charge in [0.05, 0.1) is 34.3 Å². The molecule has 2 saturated heterocycles. The molecule has 8 rings (SSSR count). The second kappa shape index (κ2) is 24.5. The van der Waals surface area contributed by atoms with Crippen molar-refractivity contribution in [1.29, 1.82) is 0 Å². The van der Waals surface area contributed by atoms with Crippen molar-refractivity contribution in [2.45, 2.75) is 35.6 Å². The average Bonchev–Trinajstić information content (AvgIpc) is 3.66. The number of nitro benzene ring substituents is 1. The molecule has 0 aliphatic carbocycles. The number of likely N-dealkylation sites (N-methyl/N-ethyl adjacent to an activating group) is 1. The highest BCUT2D eigenvalue weighted by Crippen LogP contribution is 2.39. The van der Waals surface area contributed by atoms with Crippen molar-refractivity contribution in [1.82, 2.24) is 24.6 Å². The van der Waals surface area contributed by atoms with Gasteiger partial charge in [0.2, 0.25) is 0 Å². The Morgan fingerprint density at radius 1 is 0.819 bits per heavy atom. The number of benzene rings is 5. The molecule has 1 unspecified atom stereocenters. The predicted molar refractivity (Wildman–Crippen MR) is 290 cm³/mol. The van der Waals surface area contributed by atoms with E-state index in [0.29, 0.717) is 41.7 Å². The number of sulfonamides is 1. The van der Waals surface area contributed by atoms with Gasteiger partial charge in [0, 0.05) is 115 Å². The van der Waals surface area contributed by atoms with Crippen LogP contribution in [0.2, 0.25) is 5.02 Å². The highest BCUT2D eigenvalue weighted by Gasteiger charge is 2.27. The minimum atomic E-state index is -4.22. The van der Waals surface area contributed by atoms with Crippen LogP contribution in [-0.4, -0.2) is 129 Å². The number of nitrogens with zero attached hydrogens (tertiary/aromatic N) is 5. The van der Waals surface area contributed by atoms with Gasteiger partial charge < -0.3 is 29.7 Å². The zero-order chi connectivity index (χ0) is 50.6. The van der Waals surface area contributed by atoms with Gasteiger partial charge in [-0.25, -0.2) is 8.42 Å². The van der Waals surface area contributed by atoms with Gasteiger partial charge in [0.15, 0.2) is 0 Å². The Morgan fingerprint density at radius 3 is 2.25 bits per heavy atom. The number of hydrogen-bond donors (Lipinski definition) is 3. The summed E-state index contributed by atoms with van der Waals surface area (Å²) in [5.74, 6) is 6.96. The molecule has 3 heterocycles. The van der Waals surface area contributed by atoms with Crippen LogP contribution < -0.4 is 15.4 Å². The fraction of sp³-hybridized carbons (Fsp3) is 0.327. The lowest BCUT2D eigenvalue weighted by Gasteiger charge is -2.32. The van der Waals surface area contributed by atoms with Crippen LogP contribution in [0.4, 0.5) is 17.1 Å². The van der Waals surface area contributed by atoms with Crippen LogP contribution in [0.5, 0.6) is 0 Å². The molecule has 72 heavy (non-hydrogen) atoms. The van der Waals surface area contributed by atoms with Crippen molar-refractivity contribution in [3.8, 4) is 34.2 Å². The van der Waals surface area contributed by atoms with E-state index in [0.717, 1.165) is 110 Å². The van der Waals surface area contributed by atoms with Crippen molar-refractivity contribution in [3.05, 3.63) is 159 Å². The molecule has 6 aromatic rings. The maximum atomic E-state index is 14.1. The van der Waals surface area contributed by atoms with E-state index in [1.54, 1.807) is 36.0 Å². The normalized spacial score (nSPS) is 15.1. The summed E-state index contributed by atoms with van der Waals surface area (Å²) in [6.07, 6.45) is 1.58. The van der Waals surface area contributed by atoms with Crippen molar-refractivity contribution in [2.24, 2.45) is 7.05 Å². The molecule has 2 fully saturated rings. The predicted octanol–water partition coefficient (Wildman–Crippen LogP) is 9.09. The van der Waals surface area contributed by atoms with Crippen LogP contribution in [0, 0.1) is 28.9 Å². The molecular weight excluding hydrogens is 968 g/mol. The molecular formula is C55H61ClN8O6S2. The number of carbonyl (C=O) groups is 1. The zero-order valence-electron chi connectivity index (χ0n) is 40.9. The Hall–Kier alpha value is -6.16. The summed E-state index contributed by atoms with van der Waals surface area (Å²) in [6, 6.07) is 35.8. The highest BCUT2D eigenvalue weighted by atomic mass is 35.5. The number of nitro groups is 1. The zero-order valence-corrected chi connectivity index (χ0v) is 43.3. The maximum absolute atomic E-state index is 14.1. The summed E-state index contributed by atoms with van der Waals surface area (Å²) in [4.78, 5) is 34.0. The first-order chi connectivity index (χ1) is 34.8. The van der Waals surface area contributed by atoms with Crippen molar-refractivity contribution < 1.29 is 22.9 Å². The standard InChI is InChI=1S/C55H61ClN8O6S2/c1-40-52(55(65)57-26-8-27-62-31-29-60(2)30-32-62)53(54(61(40)3)43-17-19-45(56)20-18-43)44-10-7-9-42(37-44)14-13-41-15-21-46(22-16-41)59-72(68,69)49-23-24-50(51(38-49)64(66)67)58-47(25-28-63-33-35-70-36-34-63)39-71-48-11-5-4-6-12-48/h4-7,9-12,15-24,37-38,47,58-59H,8,25-36,39H2,1-3H3,(H,57,65). The number of morpholine rings is 1. The fourth-order valence-corrected chi connectivity index (χ4v) is 11.1. The molecule has 376 valence electrons. The number of nitrogens with one attached hydrogen (secondary N) is 3. The van der Waals surface area contributed by atoms with Gasteiger partial charge in [0.1, 0.15) is 5.69 Å². The Balaban J connectivity index is 0.963. The van der Waals surface area contributed by atoms with Gasteiger partial charge in [-0.15, -0.1) is 11.8 Å². The first kappa shape index (κ1) is 52.2. The average molecular weight is 1030 g/mol. The first-order valence-corrected chi connectivity index (χ1v) is 27.1. The minimum Gasteiger partial charge on any atom is -0.379 e. The molecule has 14 nitrogen and oxygen atoms in total. The van der Waals surface area contributed by atoms with Crippen LogP contribution >= 0.6 is 23.4 Å². The molecule has 1 aromatic heterocycles. The molecule has 17 heteroatoms. The number of anilines is 2. The van der Waals surface area contributed by atoms with E-state index < -0.39 is 14.9 Å². The van der Waals surface area contributed by atoms with Gasteiger partial charge in [-0.3, -0.25) is 24.5 Å². The van der Waals surface area contributed by atoms with E-state index >= 15 is 0 Å². The number of aromatic nitrogens is 1. The molecule has 3 N–H and O–H groups in total. The van der Waals surface area contributed by atoms with E-state index in [1.165, 1.54) is 12.1 Å². The van der Waals surface area contributed by atoms with Crippen LogP contribution in [-0.2, 0) is 21.8 Å².